The van der Waals surface area contributed by atoms with Gasteiger partial charge in [-0.3, -0.25) is 24.7 Å². The number of rotatable bonds is 16. The first kappa shape index (κ1) is 37.1. The maximum atomic E-state index is 14.5. The summed E-state index contributed by atoms with van der Waals surface area (Å²) >= 11 is 0. The second-order valence-electron chi connectivity index (χ2n) is 13.2. The third kappa shape index (κ3) is 8.96. The highest BCUT2D eigenvalue weighted by molar-refractivity contribution is 5.93. The molecule has 2 aliphatic rings. The van der Waals surface area contributed by atoms with Crippen LogP contribution in [-0.4, -0.2) is 82.9 Å². The molecule has 0 N–H and O–H groups in total. The van der Waals surface area contributed by atoms with Crippen molar-refractivity contribution in [1.82, 2.24) is 14.8 Å². The van der Waals surface area contributed by atoms with Crippen LogP contribution >= 0.6 is 0 Å². The Balaban J connectivity index is 1.47. The normalized spacial score (nSPS) is 18.4. The average Bonchev–Trinajstić information content (AvgIpc) is 3.16. The van der Waals surface area contributed by atoms with Crippen molar-refractivity contribution in [1.29, 1.82) is 0 Å². The lowest BCUT2D eigenvalue weighted by molar-refractivity contribution is -0.419. The molecule has 0 saturated carbocycles. The Morgan fingerprint density at radius 3 is 2.27 bits per heavy atom. The Labute approximate surface area is 298 Å². The number of ether oxygens (including phenoxy) is 1. The molecule has 51 heavy (non-hydrogen) atoms. The van der Waals surface area contributed by atoms with Gasteiger partial charge in [-0.15, -0.1) is 0 Å². The van der Waals surface area contributed by atoms with E-state index in [1.165, 1.54) is 23.3 Å². The van der Waals surface area contributed by atoms with E-state index < -0.39 is 22.9 Å². The van der Waals surface area contributed by atoms with Crippen LogP contribution in [0.4, 0.5) is 0 Å². The number of azide groups is 1. The van der Waals surface area contributed by atoms with E-state index in [4.69, 9.17) is 10.3 Å². The lowest BCUT2D eigenvalue weighted by Gasteiger charge is -2.46. The van der Waals surface area contributed by atoms with E-state index in [0.717, 1.165) is 25.9 Å². The summed E-state index contributed by atoms with van der Waals surface area (Å²) in [5.74, 6) is -1.10. The van der Waals surface area contributed by atoms with Crippen LogP contribution < -0.4 is 0 Å². The van der Waals surface area contributed by atoms with Crippen molar-refractivity contribution in [2.45, 2.75) is 57.0 Å². The Hall–Kier alpha value is -5.16. The SMILES string of the molecule is CC(=O)C(CN1CCC(c2ccccc2)(c2ccccc2)CC1)C(COCCCN=[N+]=[N-])N(C(=O)c1ccccn1)C1CC=C([N+](=O)[O-])C=C1C. The molecule has 5 rings (SSSR count). The smallest absolute Gasteiger partial charge is 0.273 e. The molecule has 266 valence electrons. The zero-order valence-electron chi connectivity index (χ0n) is 29.2. The van der Waals surface area contributed by atoms with E-state index in [2.05, 4.69) is 68.4 Å². The number of amides is 1. The number of carbonyl (C=O) groups excluding carboxylic acids is 2. The Morgan fingerprint density at radius 2 is 1.73 bits per heavy atom. The Kier molecular flexibility index (Phi) is 12.9. The summed E-state index contributed by atoms with van der Waals surface area (Å²) < 4.78 is 6.15. The summed E-state index contributed by atoms with van der Waals surface area (Å²) in [5, 5.41) is 15.3. The quantitative estimate of drug-likeness (QED) is 0.0401. The van der Waals surface area contributed by atoms with Crippen LogP contribution in [-0.2, 0) is 14.9 Å². The van der Waals surface area contributed by atoms with Crippen LogP contribution in [0.2, 0.25) is 0 Å². The number of likely N-dealkylation sites (tertiary alicyclic amines) is 1. The highest BCUT2D eigenvalue weighted by Gasteiger charge is 2.43. The maximum absolute atomic E-state index is 14.5. The number of nitro groups is 1. The predicted molar refractivity (Wildman–Crippen MR) is 194 cm³/mol. The van der Waals surface area contributed by atoms with Gasteiger partial charge in [0.05, 0.1) is 29.5 Å². The topological polar surface area (TPSA) is 155 Å². The van der Waals surface area contributed by atoms with Crippen LogP contribution in [0, 0.1) is 16.0 Å². The van der Waals surface area contributed by atoms with Crippen molar-refractivity contribution in [2.24, 2.45) is 11.0 Å². The molecule has 1 amide bonds. The second kappa shape index (κ2) is 17.7. The molecule has 3 atom stereocenters. The molecule has 12 nitrogen and oxygen atoms in total. The number of carbonyl (C=O) groups is 2. The second-order valence-corrected chi connectivity index (χ2v) is 13.2. The minimum absolute atomic E-state index is 0.0309. The molecule has 1 saturated heterocycles. The monoisotopic (exact) mass is 691 g/mol. The summed E-state index contributed by atoms with van der Waals surface area (Å²) in [6, 6.07) is 24.9. The highest BCUT2D eigenvalue weighted by Crippen LogP contribution is 2.42. The fourth-order valence-corrected chi connectivity index (χ4v) is 7.46. The number of nitrogens with zero attached hydrogens (tertiary/aromatic N) is 7. The van der Waals surface area contributed by atoms with Crippen LogP contribution in [0.3, 0.4) is 0 Å². The minimum atomic E-state index is -0.717. The molecule has 12 heteroatoms. The van der Waals surface area contributed by atoms with Gasteiger partial charge in [0.15, 0.2) is 0 Å². The number of aromatic nitrogens is 1. The minimum Gasteiger partial charge on any atom is -0.379 e. The van der Waals surface area contributed by atoms with Crippen LogP contribution in [0.25, 0.3) is 10.4 Å². The highest BCUT2D eigenvalue weighted by atomic mass is 16.6. The number of pyridine rings is 1. The van der Waals surface area contributed by atoms with E-state index in [-0.39, 0.29) is 54.7 Å². The van der Waals surface area contributed by atoms with Gasteiger partial charge < -0.3 is 14.5 Å². The number of piperidine rings is 1. The number of allylic oxidation sites excluding steroid dienone is 1. The van der Waals surface area contributed by atoms with Gasteiger partial charge in [0.25, 0.3) is 11.6 Å². The van der Waals surface area contributed by atoms with Gasteiger partial charge in [0, 0.05) is 42.3 Å². The average molecular weight is 692 g/mol. The molecule has 3 aromatic rings. The molecular formula is C39H45N7O5. The number of hydrogen-bond donors (Lipinski definition) is 0. The zero-order valence-corrected chi connectivity index (χ0v) is 29.2. The summed E-state index contributed by atoms with van der Waals surface area (Å²) in [5.41, 5.74) is 11.9. The molecule has 0 bridgehead atoms. The first-order valence-electron chi connectivity index (χ1n) is 17.4. The van der Waals surface area contributed by atoms with E-state index >= 15 is 0 Å². The summed E-state index contributed by atoms with van der Waals surface area (Å²) in [6.45, 7) is 5.76. The third-order valence-corrected chi connectivity index (χ3v) is 10.2. The predicted octanol–water partition coefficient (Wildman–Crippen LogP) is 6.78. The third-order valence-electron chi connectivity index (χ3n) is 10.2. The van der Waals surface area contributed by atoms with E-state index in [0.29, 0.717) is 18.5 Å². The fraction of sp³-hybridized carbons (Fsp3) is 0.410. The molecule has 2 aromatic carbocycles. The Morgan fingerprint density at radius 1 is 1.08 bits per heavy atom. The first-order valence-corrected chi connectivity index (χ1v) is 17.4. The van der Waals surface area contributed by atoms with Crippen molar-refractivity contribution in [2.75, 3.05) is 39.4 Å². The van der Waals surface area contributed by atoms with Gasteiger partial charge in [-0.1, -0.05) is 71.8 Å². The largest absolute Gasteiger partial charge is 0.379 e. The lowest BCUT2D eigenvalue weighted by Crippen LogP contribution is -2.57. The van der Waals surface area contributed by atoms with Gasteiger partial charge in [0.2, 0.25) is 0 Å². The standard InChI is InChI=1S/C39H45N7O5/c1-29-26-33(46(49)50)17-18-36(29)45(38(48)35-16-9-10-21-41-35)37(28-51-25-11-22-42-43-40)34(30(2)47)27-44-23-19-39(20-24-44,31-12-5-3-6-13-31)32-14-7-4-8-15-32/h3-10,12-17,21,26,34,36-37H,11,18-20,22-25,27-28H2,1-2H3. The molecule has 1 aromatic heterocycles. The molecule has 1 fully saturated rings. The summed E-state index contributed by atoms with van der Waals surface area (Å²) in [6.07, 6.45) is 6.93. The maximum Gasteiger partial charge on any atom is 0.273 e. The van der Waals surface area contributed by atoms with Crippen LogP contribution in [0.1, 0.15) is 61.1 Å². The lowest BCUT2D eigenvalue weighted by atomic mass is 9.68. The summed E-state index contributed by atoms with van der Waals surface area (Å²) in [4.78, 5) is 50.6. The van der Waals surface area contributed by atoms with Crippen molar-refractivity contribution in [3.8, 4) is 0 Å². The molecular weight excluding hydrogens is 646 g/mol. The number of Topliss-reactive ketones (excluding diaryl/α,β-unsaturated/α-hetero) is 1. The van der Waals surface area contributed by atoms with Gasteiger partial charge >= 0.3 is 0 Å². The van der Waals surface area contributed by atoms with Crippen LogP contribution in [0.15, 0.2) is 114 Å². The van der Waals surface area contributed by atoms with Crippen molar-refractivity contribution >= 4 is 11.7 Å². The fourth-order valence-electron chi connectivity index (χ4n) is 7.46. The van der Waals surface area contributed by atoms with Crippen molar-refractivity contribution in [3.05, 3.63) is 146 Å². The molecule has 0 spiro atoms. The van der Waals surface area contributed by atoms with Gasteiger partial charge in [-0.05, 0) is 93.1 Å². The molecule has 1 aliphatic carbocycles. The van der Waals surface area contributed by atoms with E-state index in [1.807, 2.05) is 12.1 Å². The van der Waals surface area contributed by atoms with Crippen molar-refractivity contribution < 1.29 is 19.2 Å². The number of ketones is 1. The first-order chi connectivity index (χ1) is 24.7. The molecule has 1 aliphatic heterocycles. The van der Waals surface area contributed by atoms with Crippen molar-refractivity contribution in [3.63, 3.8) is 0 Å². The zero-order chi connectivity index (χ0) is 36.2. The molecule has 0 radical (unpaired) electrons. The number of benzene rings is 2. The summed E-state index contributed by atoms with van der Waals surface area (Å²) in [7, 11) is 0. The van der Waals surface area contributed by atoms with Crippen LogP contribution in [0.5, 0.6) is 0 Å². The van der Waals surface area contributed by atoms with E-state index in [1.54, 1.807) is 43.1 Å². The molecule has 3 unspecified atom stereocenters. The Bertz CT molecular complexity index is 1710. The van der Waals surface area contributed by atoms with Gasteiger partial charge in [-0.25, -0.2) is 0 Å². The van der Waals surface area contributed by atoms with Gasteiger partial charge in [-0.2, -0.15) is 0 Å². The number of hydrogen-bond acceptors (Lipinski definition) is 8. The van der Waals surface area contributed by atoms with Gasteiger partial charge in [0.1, 0.15) is 11.5 Å². The van der Waals surface area contributed by atoms with E-state index in [9.17, 15) is 19.7 Å². The molecule has 2 heterocycles.